The van der Waals surface area contributed by atoms with E-state index in [1.807, 2.05) is 31.2 Å². The molecule has 0 atom stereocenters. The zero-order valence-corrected chi connectivity index (χ0v) is 14.1. The number of benzene rings is 1. The summed E-state index contributed by atoms with van der Waals surface area (Å²) in [7, 11) is 1.59. The molecule has 1 aromatic rings. The van der Waals surface area contributed by atoms with Crippen molar-refractivity contribution in [3.05, 3.63) is 35.9 Å². The molecule has 1 fully saturated rings. The fraction of sp³-hybridized carbons (Fsp3) is 0.444. The van der Waals surface area contributed by atoms with Crippen LogP contribution in [0.3, 0.4) is 0 Å². The van der Waals surface area contributed by atoms with Crippen LogP contribution in [0.15, 0.2) is 30.3 Å². The number of amides is 2. The van der Waals surface area contributed by atoms with Gasteiger partial charge in [0.15, 0.2) is 0 Å². The number of ether oxygens (including phenoxy) is 2. The fourth-order valence-corrected chi connectivity index (χ4v) is 2.82. The molecule has 0 unspecified atom stereocenters. The highest BCUT2D eigenvalue weighted by Crippen LogP contribution is 2.29. The first-order chi connectivity index (χ1) is 11.5. The Morgan fingerprint density at radius 2 is 2.00 bits per heavy atom. The monoisotopic (exact) mass is 332 g/mol. The Bertz CT molecular complexity index is 634. The molecule has 2 rings (SSSR count). The Morgan fingerprint density at radius 1 is 1.33 bits per heavy atom. The number of para-hydroxylation sites is 1. The Kier molecular flexibility index (Phi) is 5.98. The maximum absolute atomic E-state index is 12.2. The van der Waals surface area contributed by atoms with E-state index < -0.39 is 11.3 Å². The first-order valence-corrected chi connectivity index (χ1v) is 7.96. The van der Waals surface area contributed by atoms with Crippen molar-refractivity contribution in [2.45, 2.75) is 19.8 Å². The van der Waals surface area contributed by atoms with Gasteiger partial charge in [0, 0.05) is 31.4 Å². The smallest absolute Gasteiger partial charge is 0.244 e. The SMILES string of the molecule is COc1ccccc1/C(C)=C/C(=O)NCC1(C(N)=O)CCOCC1. The molecule has 1 aliphatic heterocycles. The summed E-state index contributed by atoms with van der Waals surface area (Å²) in [6.07, 6.45) is 2.56. The van der Waals surface area contributed by atoms with Crippen molar-refractivity contribution in [1.82, 2.24) is 5.32 Å². The van der Waals surface area contributed by atoms with Crippen LogP contribution >= 0.6 is 0 Å². The number of nitrogens with two attached hydrogens (primary N) is 1. The number of hydrogen-bond acceptors (Lipinski definition) is 4. The third-order valence-electron chi connectivity index (χ3n) is 4.45. The van der Waals surface area contributed by atoms with E-state index in [1.54, 1.807) is 7.11 Å². The summed E-state index contributed by atoms with van der Waals surface area (Å²) in [4.78, 5) is 24.0. The molecule has 1 aliphatic rings. The molecular formula is C18H24N2O4. The maximum Gasteiger partial charge on any atom is 0.244 e. The number of hydrogen-bond donors (Lipinski definition) is 2. The minimum absolute atomic E-state index is 0.222. The molecular weight excluding hydrogens is 308 g/mol. The highest BCUT2D eigenvalue weighted by Gasteiger charge is 2.38. The summed E-state index contributed by atoms with van der Waals surface area (Å²) >= 11 is 0. The second kappa shape index (κ2) is 7.97. The lowest BCUT2D eigenvalue weighted by molar-refractivity contribution is -0.133. The van der Waals surface area contributed by atoms with E-state index in [0.717, 1.165) is 11.1 Å². The average Bonchev–Trinajstić information content (AvgIpc) is 2.60. The van der Waals surface area contributed by atoms with Crippen LogP contribution in [-0.4, -0.2) is 38.7 Å². The minimum Gasteiger partial charge on any atom is -0.496 e. The zero-order valence-electron chi connectivity index (χ0n) is 14.1. The molecule has 0 saturated carbocycles. The molecule has 1 heterocycles. The normalized spacial score (nSPS) is 17.2. The van der Waals surface area contributed by atoms with Crippen molar-refractivity contribution in [3.8, 4) is 5.75 Å². The summed E-state index contributed by atoms with van der Waals surface area (Å²) in [6, 6.07) is 7.49. The summed E-state index contributed by atoms with van der Waals surface area (Å²) in [5.74, 6) is 0.0548. The summed E-state index contributed by atoms with van der Waals surface area (Å²) < 4.78 is 10.6. The lowest BCUT2D eigenvalue weighted by atomic mass is 9.79. The Labute approximate surface area is 142 Å². The van der Waals surface area contributed by atoms with E-state index in [2.05, 4.69) is 5.32 Å². The van der Waals surface area contributed by atoms with Gasteiger partial charge in [-0.15, -0.1) is 0 Å². The molecule has 3 N–H and O–H groups in total. The van der Waals surface area contributed by atoms with Crippen LogP contribution in [0.1, 0.15) is 25.3 Å². The second-order valence-corrected chi connectivity index (χ2v) is 6.00. The zero-order chi connectivity index (χ0) is 17.6. The predicted molar refractivity (Wildman–Crippen MR) is 91.3 cm³/mol. The van der Waals surface area contributed by atoms with Crippen molar-refractivity contribution in [2.24, 2.45) is 11.1 Å². The van der Waals surface area contributed by atoms with Gasteiger partial charge in [-0.05, 0) is 31.4 Å². The van der Waals surface area contributed by atoms with Gasteiger partial charge in [-0.2, -0.15) is 0 Å². The van der Waals surface area contributed by atoms with Gasteiger partial charge in [-0.25, -0.2) is 0 Å². The van der Waals surface area contributed by atoms with Crippen molar-refractivity contribution in [2.75, 3.05) is 26.9 Å². The van der Waals surface area contributed by atoms with Gasteiger partial charge in [-0.3, -0.25) is 9.59 Å². The predicted octanol–water partition coefficient (Wildman–Crippen LogP) is 1.50. The van der Waals surface area contributed by atoms with E-state index in [-0.39, 0.29) is 12.5 Å². The van der Waals surface area contributed by atoms with Crippen LogP contribution in [0.2, 0.25) is 0 Å². The van der Waals surface area contributed by atoms with Crippen LogP contribution in [0.5, 0.6) is 5.75 Å². The molecule has 0 radical (unpaired) electrons. The highest BCUT2D eigenvalue weighted by atomic mass is 16.5. The van der Waals surface area contributed by atoms with Crippen LogP contribution in [-0.2, 0) is 14.3 Å². The second-order valence-electron chi connectivity index (χ2n) is 6.00. The molecule has 1 aromatic carbocycles. The van der Waals surface area contributed by atoms with Crippen LogP contribution in [0.25, 0.3) is 5.57 Å². The average molecular weight is 332 g/mol. The fourth-order valence-electron chi connectivity index (χ4n) is 2.82. The Balaban J connectivity index is 2.05. The molecule has 1 saturated heterocycles. The number of allylic oxidation sites excluding steroid dienone is 1. The Morgan fingerprint density at radius 3 is 2.62 bits per heavy atom. The highest BCUT2D eigenvalue weighted by molar-refractivity contribution is 5.95. The largest absolute Gasteiger partial charge is 0.496 e. The number of rotatable bonds is 6. The lowest BCUT2D eigenvalue weighted by Gasteiger charge is -2.34. The molecule has 6 heteroatoms. The molecule has 0 aromatic heterocycles. The Hall–Kier alpha value is -2.34. The molecule has 6 nitrogen and oxygen atoms in total. The lowest BCUT2D eigenvalue weighted by Crippen LogP contribution is -2.49. The number of carbonyl (C=O) groups excluding carboxylic acids is 2. The number of carbonyl (C=O) groups is 2. The maximum atomic E-state index is 12.2. The van der Waals surface area contributed by atoms with Gasteiger partial charge < -0.3 is 20.5 Å². The first kappa shape index (κ1) is 18.0. The first-order valence-electron chi connectivity index (χ1n) is 7.96. The van der Waals surface area contributed by atoms with Gasteiger partial charge in [0.1, 0.15) is 5.75 Å². The summed E-state index contributed by atoms with van der Waals surface area (Å²) in [6.45, 7) is 3.03. The van der Waals surface area contributed by atoms with Gasteiger partial charge in [-0.1, -0.05) is 18.2 Å². The van der Waals surface area contributed by atoms with E-state index in [1.165, 1.54) is 6.08 Å². The summed E-state index contributed by atoms with van der Waals surface area (Å²) in [5, 5.41) is 2.80. The third kappa shape index (κ3) is 4.14. The standard InChI is InChI=1S/C18H24N2O4/c1-13(14-5-3-4-6-15(14)23-2)11-16(21)20-12-18(17(19)22)7-9-24-10-8-18/h3-6,11H,7-10,12H2,1-2H3,(H2,19,22)(H,20,21)/b13-11+. The van der Waals surface area contributed by atoms with E-state index in [4.69, 9.17) is 15.2 Å². The van der Waals surface area contributed by atoms with Gasteiger partial charge in [0.25, 0.3) is 0 Å². The van der Waals surface area contributed by atoms with E-state index in [9.17, 15) is 9.59 Å². The molecule has 130 valence electrons. The summed E-state index contributed by atoms with van der Waals surface area (Å²) in [5.41, 5.74) is 6.45. The van der Waals surface area contributed by atoms with E-state index in [0.29, 0.717) is 31.8 Å². The molecule has 0 bridgehead atoms. The van der Waals surface area contributed by atoms with Crippen molar-refractivity contribution in [1.29, 1.82) is 0 Å². The third-order valence-corrected chi connectivity index (χ3v) is 4.45. The number of methoxy groups -OCH3 is 1. The van der Waals surface area contributed by atoms with Crippen LogP contribution < -0.4 is 15.8 Å². The molecule has 0 spiro atoms. The van der Waals surface area contributed by atoms with Crippen molar-refractivity contribution < 1.29 is 19.1 Å². The number of primary amides is 1. The van der Waals surface area contributed by atoms with Gasteiger partial charge in [0.05, 0.1) is 12.5 Å². The van der Waals surface area contributed by atoms with Crippen LogP contribution in [0, 0.1) is 5.41 Å². The van der Waals surface area contributed by atoms with Gasteiger partial charge in [0.2, 0.25) is 11.8 Å². The van der Waals surface area contributed by atoms with E-state index >= 15 is 0 Å². The van der Waals surface area contributed by atoms with Crippen molar-refractivity contribution in [3.63, 3.8) is 0 Å². The topological polar surface area (TPSA) is 90.6 Å². The molecule has 0 aliphatic carbocycles. The number of nitrogens with one attached hydrogen (secondary N) is 1. The molecule has 2 amide bonds. The molecule has 24 heavy (non-hydrogen) atoms. The van der Waals surface area contributed by atoms with Crippen LogP contribution in [0.4, 0.5) is 0 Å². The van der Waals surface area contributed by atoms with Gasteiger partial charge >= 0.3 is 0 Å². The minimum atomic E-state index is -0.722. The van der Waals surface area contributed by atoms with Crippen molar-refractivity contribution >= 4 is 17.4 Å². The quantitative estimate of drug-likeness (QED) is 0.772.